The van der Waals surface area contributed by atoms with Gasteiger partial charge in [-0.2, -0.15) is 5.26 Å². The zero-order valence-corrected chi connectivity index (χ0v) is 14.5. The Morgan fingerprint density at radius 3 is 2.32 bits per heavy atom. The van der Waals surface area contributed by atoms with E-state index >= 15 is 0 Å². The fraction of sp³-hybridized carbons (Fsp3) is 0.200. The Hall–Kier alpha value is -2.55. The average Bonchev–Trinajstić information content (AvgIpc) is 3.10. The van der Waals surface area contributed by atoms with Crippen LogP contribution in [0.15, 0.2) is 70.3 Å². The minimum Gasteiger partial charge on any atom is -0.431 e. The van der Waals surface area contributed by atoms with Crippen molar-refractivity contribution in [1.82, 2.24) is 4.98 Å². The van der Waals surface area contributed by atoms with Crippen LogP contribution >= 0.6 is 11.8 Å². The lowest BCUT2D eigenvalue weighted by molar-refractivity contribution is 0.156. The lowest BCUT2D eigenvalue weighted by atomic mass is 10.1. The topological polar surface area (TPSA) is 59.0 Å². The van der Waals surface area contributed by atoms with E-state index in [2.05, 4.69) is 11.1 Å². The Morgan fingerprint density at radius 1 is 0.960 bits per heavy atom. The molecule has 0 saturated carbocycles. The quantitative estimate of drug-likeness (QED) is 0.421. The predicted molar refractivity (Wildman–Crippen MR) is 99.1 cm³/mol. The number of thioether (sulfide) groups is 1. The SMILES string of the molecule is N#CCCOCCSc1nc(-c2ccccc2)c(-c2ccccc2)o1. The van der Waals surface area contributed by atoms with Crippen molar-refractivity contribution >= 4 is 11.8 Å². The number of rotatable bonds is 8. The molecule has 0 radical (unpaired) electrons. The first-order chi connectivity index (χ1) is 12.4. The molecule has 3 rings (SSSR count). The molecule has 25 heavy (non-hydrogen) atoms. The van der Waals surface area contributed by atoms with Gasteiger partial charge in [0.25, 0.3) is 5.22 Å². The monoisotopic (exact) mass is 350 g/mol. The maximum Gasteiger partial charge on any atom is 0.256 e. The van der Waals surface area contributed by atoms with Crippen LogP contribution < -0.4 is 0 Å². The molecule has 0 bridgehead atoms. The third-order valence-corrected chi connectivity index (χ3v) is 4.29. The molecule has 0 aliphatic carbocycles. The van der Waals surface area contributed by atoms with Crippen molar-refractivity contribution in [2.45, 2.75) is 11.6 Å². The molecule has 0 aliphatic heterocycles. The summed E-state index contributed by atoms with van der Waals surface area (Å²) in [4.78, 5) is 4.68. The summed E-state index contributed by atoms with van der Waals surface area (Å²) in [6.07, 6.45) is 0.417. The molecule has 0 spiro atoms. The molecule has 0 atom stereocenters. The van der Waals surface area contributed by atoms with Gasteiger partial charge in [0.05, 0.1) is 25.7 Å². The minimum atomic E-state index is 0.417. The first kappa shape index (κ1) is 17.3. The molecule has 0 unspecified atom stereocenters. The van der Waals surface area contributed by atoms with Crippen LogP contribution in [0.3, 0.4) is 0 Å². The van der Waals surface area contributed by atoms with Gasteiger partial charge in [-0.25, -0.2) is 4.98 Å². The highest BCUT2D eigenvalue weighted by molar-refractivity contribution is 7.99. The summed E-state index contributed by atoms with van der Waals surface area (Å²) in [5, 5.41) is 9.12. The minimum absolute atomic E-state index is 0.417. The lowest BCUT2D eigenvalue weighted by Crippen LogP contribution is -1.98. The Morgan fingerprint density at radius 2 is 1.64 bits per heavy atom. The van der Waals surface area contributed by atoms with E-state index in [-0.39, 0.29) is 0 Å². The normalized spacial score (nSPS) is 10.5. The Kier molecular flexibility index (Phi) is 6.27. The van der Waals surface area contributed by atoms with Crippen molar-refractivity contribution in [3.63, 3.8) is 0 Å². The van der Waals surface area contributed by atoms with Crippen LogP contribution in [-0.4, -0.2) is 24.0 Å². The second-order valence-electron chi connectivity index (χ2n) is 5.26. The van der Waals surface area contributed by atoms with E-state index in [9.17, 15) is 0 Å². The fourth-order valence-corrected chi connectivity index (χ4v) is 3.02. The van der Waals surface area contributed by atoms with Crippen molar-refractivity contribution in [3.8, 4) is 28.7 Å². The number of nitriles is 1. The second kappa shape index (κ2) is 9.07. The van der Waals surface area contributed by atoms with Crippen LogP contribution in [-0.2, 0) is 4.74 Å². The van der Waals surface area contributed by atoms with Gasteiger partial charge in [-0.15, -0.1) is 0 Å². The molecule has 0 N–H and O–H groups in total. The number of oxazole rings is 1. The van der Waals surface area contributed by atoms with Crippen LogP contribution in [0.1, 0.15) is 6.42 Å². The molecule has 4 nitrogen and oxygen atoms in total. The molecular formula is C20H18N2O2S. The van der Waals surface area contributed by atoms with E-state index in [1.807, 2.05) is 60.7 Å². The summed E-state index contributed by atoms with van der Waals surface area (Å²) in [7, 11) is 0. The first-order valence-electron chi connectivity index (χ1n) is 8.07. The fourth-order valence-electron chi connectivity index (χ4n) is 2.35. The average molecular weight is 350 g/mol. The van der Waals surface area contributed by atoms with Crippen molar-refractivity contribution in [2.75, 3.05) is 19.0 Å². The summed E-state index contributed by atoms with van der Waals surface area (Å²) in [6.45, 7) is 1.03. The second-order valence-corrected chi connectivity index (χ2v) is 6.30. The zero-order valence-electron chi connectivity index (χ0n) is 13.7. The molecule has 0 fully saturated rings. The van der Waals surface area contributed by atoms with Gasteiger partial charge in [0.15, 0.2) is 5.76 Å². The van der Waals surface area contributed by atoms with E-state index in [0.29, 0.717) is 24.9 Å². The van der Waals surface area contributed by atoms with Crippen LogP contribution in [0.5, 0.6) is 0 Å². The highest BCUT2D eigenvalue weighted by atomic mass is 32.2. The summed E-state index contributed by atoms with van der Waals surface area (Å²) in [6, 6.07) is 22.1. The highest BCUT2D eigenvalue weighted by Crippen LogP contribution is 2.35. The Balaban J connectivity index is 1.77. The number of ether oxygens (including phenoxy) is 1. The van der Waals surface area contributed by atoms with E-state index in [1.165, 1.54) is 11.8 Å². The van der Waals surface area contributed by atoms with Crippen molar-refractivity contribution in [3.05, 3.63) is 60.7 Å². The standard InChI is InChI=1S/C20H18N2O2S/c21-12-7-13-23-14-15-25-20-22-18(16-8-3-1-4-9-16)19(24-20)17-10-5-2-6-11-17/h1-6,8-11H,7,13-15H2. The van der Waals surface area contributed by atoms with E-state index < -0.39 is 0 Å². The van der Waals surface area contributed by atoms with Crippen LogP contribution in [0.25, 0.3) is 22.6 Å². The van der Waals surface area contributed by atoms with Crippen LogP contribution in [0, 0.1) is 11.3 Å². The number of nitrogens with zero attached hydrogens (tertiary/aromatic N) is 2. The molecular weight excluding hydrogens is 332 g/mol. The van der Waals surface area contributed by atoms with Crippen molar-refractivity contribution in [1.29, 1.82) is 5.26 Å². The maximum atomic E-state index is 8.49. The molecule has 2 aromatic carbocycles. The van der Waals surface area contributed by atoms with Gasteiger partial charge in [0.2, 0.25) is 0 Å². The smallest absolute Gasteiger partial charge is 0.256 e. The molecule has 3 aromatic rings. The summed E-state index contributed by atoms with van der Waals surface area (Å²) >= 11 is 1.52. The van der Waals surface area contributed by atoms with Crippen molar-refractivity contribution < 1.29 is 9.15 Å². The van der Waals surface area contributed by atoms with Crippen molar-refractivity contribution in [2.24, 2.45) is 0 Å². The van der Waals surface area contributed by atoms with Gasteiger partial charge in [0.1, 0.15) is 5.69 Å². The maximum absolute atomic E-state index is 8.49. The summed E-state index contributed by atoms with van der Waals surface area (Å²) in [5.74, 6) is 1.51. The first-order valence-corrected chi connectivity index (χ1v) is 9.06. The van der Waals surface area contributed by atoms with Gasteiger partial charge in [-0.3, -0.25) is 0 Å². The molecule has 5 heteroatoms. The zero-order chi connectivity index (χ0) is 17.3. The summed E-state index contributed by atoms with van der Waals surface area (Å²) in [5.41, 5.74) is 2.88. The molecule has 1 heterocycles. The van der Waals surface area contributed by atoms with Gasteiger partial charge in [-0.1, -0.05) is 72.4 Å². The van der Waals surface area contributed by atoms with Gasteiger partial charge < -0.3 is 9.15 Å². The van der Waals surface area contributed by atoms with E-state index in [1.54, 1.807) is 0 Å². The third kappa shape index (κ3) is 4.72. The molecule has 0 saturated heterocycles. The highest BCUT2D eigenvalue weighted by Gasteiger charge is 2.16. The van der Waals surface area contributed by atoms with E-state index in [0.717, 1.165) is 28.3 Å². The van der Waals surface area contributed by atoms with Gasteiger partial charge >= 0.3 is 0 Å². The Bertz CT molecular complexity index is 769. The van der Waals surface area contributed by atoms with Gasteiger partial charge in [0, 0.05) is 16.9 Å². The summed E-state index contributed by atoms with van der Waals surface area (Å²) < 4.78 is 11.4. The molecule has 0 amide bonds. The van der Waals surface area contributed by atoms with Crippen LogP contribution in [0.4, 0.5) is 0 Å². The molecule has 126 valence electrons. The predicted octanol–water partition coefficient (Wildman–Crippen LogP) is 5.03. The Labute approximate surface area is 151 Å². The number of hydrogen-bond donors (Lipinski definition) is 0. The number of aromatic nitrogens is 1. The van der Waals surface area contributed by atoms with Crippen LogP contribution in [0.2, 0.25) is 0 Å². The number of hydrogen-bond acceptors (Lipinski definition) is 5. The molecule has 1 aromatic heterocycles. The van der Waals surface area contributed by atoms with Gasteiger partial charge in [-0.05, 0) is 0 Å². The van der Waals surface area contributed by atoms with E-state index in [4.69, 9.17) is 14.4 Å². The molecule has 0 aliphatic rings. The number of benzene rings is 2. The lowest BCUT2D eigenvalue weighted by Gasteiger charge is -2.00. The largest absolute Gasteiger partial charge is 0.431 e. The third-order valence-electron chi connectivity index (χ3n) is 3.50.